The number of thiophene rings is 1. The van der Waals surface area contributed by atoms with Gasteiger partial charge in [-0.15, -0.1) is 11.3 Å². The van der Waals surface area contributed by atoms with Crippen molar-refractivity contribution in [2.45, 2.75) is 32.8 Å². The highest BCUT2D eigenvalue weighted by Gasteiger charge is 2.21. The quantitative estimate of drug-likeness (QED) is 0.825. The maximum absolute atomic E-state index is 12.1. The van der Waals surface area contributed by atoms with Crippen molar-refractivity contribution in [3.05, 3.63) is 27.2 Å². The number of carbonyl (C=O) groups excluding carboxylic acids is 1. The van der Waals surface area contributed by atoms with Gasteiger partial charge >= 0.3 is 5.97 Å². The minimum absolute atomic E-state index is 0.0131. The average Bonchev–Trinajstić information content (AvgIpc) is 2.86. The number of nitrogens with zero attached hydrogens (tertiary/aromatic N) is 3. The minimum atomic E-state index is -0.371. The van der Waals surface area contributed by atoms with Crippen molar-refractivity contribution in [3.8, 4) is 0 Å². The van der Waals surface area contributed by atoms with E-state index in [4.69, 9.17) is 16.2 Å². The highest BCUT2D eigenvalue weighted by molar-refractivity contribution is 7.14. The number of hydrogen-bond acceptors (Lipinski definition) is 8. The number of carbonyl (C=O) groups is 1. The normalized spacial score (nSPS) is 17.0. The predicted molar refractivity (Wildman–Crippen MR) is 83.3 cm³/mol. The molecule has 0 fully saturated rings. The maximum atomic E-state index is 12.1. The molecule has 0 unspecified atom stereocenters. The molecule has 1 aliphatic carbocycles. The Bertz CT molecular complexity index is 695. The molecule has 2 aromatic heterocycles. The first kappa shape index (κ1) is 14.7. The number of nitrogens with two attached hydrogens (primary N) is 2. The first-order valence-electron chi connectivity index (χ1n) is 7.06. The molecule has 1 aliphatic rings. The molecule has 1 atom stereocenters. The molecule has 0 saturated carbocycles. The molecule has 2 aromatic rings. The standard InChI is InChI=1S/C14H17N5O2S/c1-7-2-3-9-8(4-7)5-10(22-9)12(20)21-6-11-17-13(15)19-14(16)18-11/h5,7H,2-4,6H2,1H3,(H4,15,16,17,18,19)/t7-/m1/s1. The van der Waals surface area contributed by atoms with Crippen LogP contribution in [0.3, 0.4) is 0 Å². The molecule has 2 heterocycles. The van der Waals surface area contributed by atoms with E-state index in [9.17, 15) is 4.79 Å². The van der Waals surface area contributed by atoms with Gasteiger partial charge in [-0.2, -0.15) is 15.0 Å². The van der Waals surface area contributed by atoms with Crippen LogP contribution in [0.25, 0.3) is 0 Å². The Kier molecular flexibility index (Phi) is 3.93. The Morgan fingerprint density at radius 3 is 2.82 bits per heavy atom. The van der Waals surface area contributed by atoms with Gasteiger partial charge < -0.3 is 16.2 Å². The summed E-state index contributed by atoms with van der Waals surface area (Å²) in [6.07, 6.45) is 3.24. The Morgan fingerprint density at radius 1 is 1.36 bits per heavy atom. The molecule has 22 heavy (non-hydrogen) atoms. The largest absolute Gasteiger partial charge is 0.453 e. The van der Waals surface area contributed by atoms with Crippen LogP contribution in [0.2, 0.25) is 0 Å². The van der Waals surface area contributed by atoms with Gasteiger partial charge in [0.05, 0.1) is 0 Å². The van der Waals surface area contributed by atoms with Crippen molar-refractivity contribution in [3.63, 3.8) is 0 Å². The lowest BCUT2D eigenvalue weighted by Gasteiger charge is -2.16. The zero-order chi connectivity index (χ0) is 15.7. The Labute approximate surface area is 131 Å². The van der Waals surface area contributed by atoms with Gasteiger partial charge in [-0.1, -0.05) is 6.92 Å². The second kappa shape index (κ2) is 5.88. The van der Waals surface area contributed by atoms with Gasteiger partial charge in [-0.05, 0) is 36.8 Å². The van der Waals surface area contributed by atoms with Crippen molar-refractivity contribution in [2.75, 3.05) is 11.5 Å². The molecule has 3 rings (SSSR count). The SMILES string of the molecule is C[C@@H]1CCc2sc(C(=O)OCc3nc(N)nc(N)n3)cc2C1. The number of fused-ring (bicyclic) bond motifs is 1. The number of aromatic nitrogens is 3. The molecule has 0 aromatic carbocycles. The third-order valence-electron chi connectivity index (χ3n) is 3.58. The van der Waals surface area contributed by atoms with Gasteiger partial charge in [-0.25, -0.2) is 4.79 Å². The molecule has 0 aliphatic heterocycles. The first-order chi connectivity index (χ1) is 10.5. The molecule has 4 N–H and O–H groups in total. The average molecular weight is 319 g/mol. The molecule has 116 valence electrons. The molecule has 8 heteroatoms. The number of esters is 1. The maximum Gasteiger partial charge on any atom is 0.348 e. The zero-order valence-electron chi connectivity index (χ0n) is 12.2. The fourth-order valence-electron chi connectivity index (χ4n) is 2.53. The second-order valence-corrected chi connectivity index (χ2v) is 6.59. The van der Waals surface area contributed by atoms with Gasteiger partial charge in [0.2, 0.25) is 11.9 Å². The van der Waals surface area contributed by atoms with Crippen molar-refractivity contribution in [1.29, 1.82) is 0 Å². The van der Waals surface area contributed by atoms with Crippen molar-refractivity contribution < 1.29 is 9.53 Å². The van der Waals surface area contributed by atoms with Gasteiger partial charge in [0, 0.05) is 4.88 Å². The van der Waals surface area contributed by atoms with Gasteiger partial charge in [0.15, 0.2) is 12.4 Å². The van der Waals surface area contributed by atoms with Crippen molar-refractivity contribution in [1.82, 2.24) is 15.0 Å². The van der Waals surface area contributed by atoms with E-state index in [1.54, 1.807) is 0 Å². The fourth-order valence-corrected chi connectivity index (χ4v) is 3.63. The lowest BCUT2D eigenvalue weighted by molar-refractivity contribution is 0.0468. The highest BCUT2D eigenvalue weighted by atomic mass is 32.1. The van der Waals surface area contributed by atoms with Crippen LogP contribution in [0.1, 0.15) is 39.3 Å². The molecule has 0 saturated heterocycles. The van der Waals surface area contributed by atoms with Crippen molar-refractivity contribution in [2.24, 2.45) is 5.92 Å². The first-order valence-corrected chi connectivity index (χ1v) is 7.87. The minimum Gasteiger partial charge on any atom is -0.453 e. The summed E-state index contributed by atoms with van der Waals surface area (Å²) in [7, 11) is 0. The molecular formula is C14H17N5O2S. The van der Waals surface area contributed by atoms with Crippen LogP contribution in [-0.4, -0.2) is 20.9 Å². The number of rotatable bonds is 3. The molecule has 0 amide bonds. The second-order valence-electron chi connectivity index (χ2n) is 5.45. The summed E-state index contributed by atoms with van der Waals surface area (Å²) in [4.78, 5) is 25.5. The van der Waals surface area contributed by atoms with E-state index >= 15 is 0 Å². The predicted octanol–water partition coefficient (Wildman–Crippen LogP) is 1.58. The molecule has 0 spiro atoms. The van der Waals surface area contributed by atoms with Crippen LogP contribution in [0.5, 0.6) is 0 Å². The van der Waals surface area contributed by atoms with E-state index < -0.39 is 0 Å². The lowest BCUT2D eigenvalue weighted by Crippen LogP contribution is -2.10. The fraction of sp³-hybridized carbons (Fsp3) is 0.429. The summed E-state index contributed by atoms with van der Waals surface area (Å²) in [5.41, 5.74) is 12.2. The molecule has 7 nitrogen and oxygen atoms in total. The summed E-state index contributed by atoms with van der Waals surface area (Å²) in [6.45, 7) is 2.16. The van der Waals surface area contributed by atoms with Crippen LogP contribution in [0.4, 0.5) is 11.9 Å². The number of hydrogen-bond donors (Lipinski definition) is 2. The number of aryl methyl sites for hydroxylation is 1. The van der Waals surface area contributed by atoms with Crippen LogP contribution in [0, 0.1) is 5.92 Å². The van der Waals surface area contributed by atoms with E-state index in [1.165, 1.54) is 28.2 Å². The summed E-state index contributed by atoms with van der Waals surface area (Å²) in [5, 5.41) is 0. The number of anilines is 2. The van der Waals surface area contributed by atoms with Gasteiger partial charge in [0.1, 0.15) is 4.88 Å². The van der Waals surface area contributed by atoms with E-state index in [0.29, 0.717) is 10.8 Å². The Hall–Kier alpha value is -2.22. The number of nitrogen functional groups attached to an aromatic ring is 2. The lowest BCUT2D eigenvalue weighted by atomic mass is 9.90. The van der Waals surface area contributed by atoms with Gasteiger partial charge in [-0.3, -0.25) is 0 Å². The summed E-state index contributed by atoms with van der Waals surface area (Å²) >= 11 is 1.51. The third kappa shape index (κ3) is 3.16. The summed E-state index contributed by atoms with van der Waals surface area (Å²) in [6, 6.07) is 1.94. The van der Waals surface area contributed by atoms with Crippen LogP contribution in [-0.2, 0) is 24.2 Å². The highest BCUT2D eigenvalue weighted by Crippen LogP contribution is 2.32. The smallest absolute Gasteiger partial charge is 0.348 e. The van der Waals surface area contributed by atoms with E-state index in [1.807, 2.05) is 6.07 Å². The monoisotopic (exact) mass is 319 g/mol. The van der Waals surface area contributed by atoms with E-state index in [0.717, 1.165) is 12.8 Å². The third-order valence-corrected chi connectivity index (χ3v) is 4.80. The summed E-state index contributed by atoms with van der Waals surface area (Å²) < 4.78 is 5.24. The van der Waals surface area contributed by atoms with E-state index in [2.05, 4.69) is 21.9 Å². The molecule has 0 radical (unpaired) electrons. The van der Waals surface area contributed by atoms with Crippen LogP contribution in [0.15, 0.2) is 6.07 Å². The zero-order valence-corrected chi connectivity index (χ0v) is 13.0. The van der Waals surface area contributed by atoms with E-state index in [-0.39, 0.29) is 30.3 Å². The summed E-state index contributed by atoms with van der Waals surface area (Å²) in [5.74, 6) is 0.568. The molecular weight excluding hydrogens is 302 g/mol. The Balaban J connectivity index is 1.67. The van der Waals surface area contributed by atoms with Crippen LogP contribution >= 0.6 is 11.3 Å². The number of ether oxygens (including phenoxy) is 1. The van der Waals surface area contributed by atoms with Crippen molar-refractivity contribution >= 4 is 29.2 Å². The van der Waals surface area contributed by atoms with Crippen LogP contribution < -0.4 is 11.5 Å². The topological polar surface area (TPSA) is 117 Å². The molecule has 0 bridgehead atoms. The van der Waals surface area contributed by atoms with Gasteiger partial charge in [0.25, 0.3) is 0 Å². The Morgan fingerprint density at radius 2 is 2.09 bits per heavy atom.